The van der Waals surface area contributed by atoms with Crippen molar-refractivity contribution in [3.8, 4) is 0 Å². The summed E-state index contributed by atoms with van der Waals surface area (Å²) in [4.78, 5) is 0.151. The van der Waals surface area contributed by atoms with Crippen LogP contribution in [0.5, 0.6) is 0 Å². The zero-order valence-electron chi connectivity index (χ0n) is 8.92. The number of rotatable bonds is 5. The third-order valence-electron chi connectivity index (χ3n) is 2.02. The van der Waals surface area contributed by atoms with Crippen LogP contribution in [0.2, 0.25) is 0 Å². The first kappa shape index (κ1) is 13.1. The summed E-state index contributed by atoms with van der Waals surface area (Å²) in [5.41, 5.74) is 0.839. The van der Waals surface area contributed by atoms with E-state index in [1.807, 2.05) is 0 Å². The average Bonchev–Trinajstić information content (AvgIpc) is 2.26. The fourth-order valence-electron chi connectivity index (χ4n) is 1.14. The van der Waals surface area contributed by atoms with Gasteiger partial charge in [-0.05, 0) is 24.6 Å². The van der Waals surface area contributed by atoms with Crippen molar-refractivity contribution in [2.75, 3.05) is 13.2 Å². The minimum atomic E-state index is -3.61. The first-order chi connectivity index (χ1) is 7.45. The molecule has 16 heavy (non-hydrogen) atoms. The standard InChI is InChI=1S/C10H15NO4S/c1-8-3-2-4-10(5-8)16(14,15)11-6-9(13)7-12/h2-5,9,11-13H,6-7H2,1H3. The molecule has 0 bridgehead atoms. The van der Waals surface area contributed by atoms with Crippen LogP contribution in [0.4, 0.5) is 0 Å². The molecular formula is C10H15NO4S. The predicted molar refractivity (Wildman–Crippen MR) is 59.5 cm³/mol. The highest BCUT2D eigenvalue weighted by Gasteiger charge is 2.15. The van der Waals surface area contributed by atoms with Crippen LogP contribution in [0.3, 0.4) is 0 Å². The average molecular weight is 245 g/mol. The predicted octanol–water partition coefficient (Wildman–Crippen LogP) is -0.373. The van der Waals surface area contributed by atoms with Crippen molar-refractivity contribution in [1.82, 2.24) is 4.72 Å². The molecule has 0 amide bonds. The second-order valence-corrected chi connectivity index (χ2v) is 5.27. The van der Waals surface area contributed by atoms with Crippen molar-refractivity contribution in [2.24, 2.45) is 0 Å². The lowest BCUT2D eigenvalue weighted by Crippen LogP contribution is -2.33. The summed E-state index contributed by atoms with van der Waals surface area (Å²) in [6.07, 6.45) is -1.08. The number of aryl methyl sites for hydroxylation is 1. The van der Waals surface area contributed by atoms with Gasteiger partial charge in [-0.3, -0.25) is 0 Å². The quantitative estimate of drug-likeness (QED) is 0.660. The van der Waals surface area contributed by atoms with Crippen LogP contribution < -0.4 is 4.72 Å². The third kappa shape index (κ3) is 3.57. The van der Waals surface area contributed by atoms with Gasteiger partial charge in [0.05, 0.1) is 17.6 Å². The molecule has 0 radical (unpaired) electrons. The highest BCUT2D eigenvalue weighted by atomic mass is 32.2. The normalized spacial score (nSPS) is 13.7. The maximum Gasteiger partial charge on any atom is 0.240 e. The van der Waals surface area contributed by atoms with Crippen molar-refractivity contribution in [3.63, 3.8) is 0 Å². The van der Waals surface area contributed by atoms with Crippen molar-refractivity contribution < 1.29 is 18.6 Å². The number of hydrogen-bond donors (Lipinski definition) is 3. The van der Waals surface area contributed by atoms with E-state index in [0.29, 0.717) is 0 Å². The zero-order valence-corrected chi connectivity index (χ0v) is 9.74. The summed E-state index contributed by atoms with van der Waals surface area (Å²) in [6, 6.07) is 6.45. The van der Waals surface area contributed by atoms with Gasteiger partial charge >= 0.3 is 0 Å². The van der Waals surface area contributed by atoms with Crippen molar-refractivity contribution in [1.29, 1.82) is 0 Å². The molecule has 0 fully saturated rings. The molecule has 0 aromatic heterocycles. The van der Waals surface area contributed by atoms with Crippen LogP contribution in [0.1, 0.15) is 5.56 Å². The van der Waals surface area contributed by atoms with Crippen LogP contribution in [0.25, 0.3) is 0 Å². The van der Waals surface area contributed by atoms with E-state index in [0.717, 1.165) is 5.56 Å². The van der Waals surface area contributed by atoms with E-state index < -0.39 is 22.7 Å². The summed E-state index contributed by atoms with van der Waals surface area (Å²) in [5, 5.41) is 17.6. The minimum absolute atomic E-state index is 0.151. The summed E-state index contributed by atoms with van der Waals surface area (Å²) >= 11 is 0. The molecule has 1 aromatic rings. The maximum atomic E-state index is 11.7. The van der Waals surface area contributed by atoms with E-state index in [1.54, 1.807) is 19.1 Å². The minimum Gasteiger partial charge on any atom is -0.394 e. The Morgan fingerprint density at radius 1 is 1.44 bits per heavy atom. The number of benzene rings is 1. The molecule has 1 unspecified atom stereocenters. The van der Waals surface area contributed by atoms with Gasteiger partial charge in [-0.2, -0.15) is 0 Å². The maximum absolute atomic E-state index is 11.7. The summed E-state index contributed by atoms with van der Waals surface area (Å²) in [5.74, 6) is 0. The summed E-state index contributed by atoms with van der Waals surface area (Å²) in [7, 11) is -3.61. The van der Waals surface area contributed by atoms with E-state index in [2.05, 4.69) is 4.72 Å². The molecule has 0 saturated carbocycles. The summed E-state index contributed by atoms with van der Waals surface area (Å²) < 4.78 is 25.6. The Hall–Kier alpha value is -0.950. The number of hydrogen-bond acceptors (Lipinski definition) is 4. The Kier molecular flexibility index (Phi) is 4.43. The molecule has 0 saturated heterocycles. The van der Waals surface area contributed by atoms with Gasteiger partial charge < -0.3 is 10.2 Å². The largest absolute Gasteiger partial charge is 0.394 e. The number of sulfonamides is 1. The summed E-state index contributed by atoms with van der Waals surface area (Å²) in [6.45, 7) is 1.12. The van der Waals surface area contributed by atoms with Crippen LogP contribution in [0.15, 0.2) is 29.2 Å². The SMILES string of the molecule is Cc1cccc(S(=O)(=O)NCC(O)CO)c1. The lowest BCUT2D eigenvalue weighted by atomic mass is 10.2. The smallest absolute Gasteiger partial charge is 0.240 e. The molecule has 1 rings (SSSR count). The molecule has 0 spiro atoms. The number of nitrogens with one attached hydrogen (secondary N) is 1. The fourth-order valence-corrected chi connectivity index (χ4v) is 2.31. The first-order valence-corrected chi connectivity index (χ1v) is 6.29. The second-order valence-electron chi connectivity index (χ2n) is 3.50. The Bertz CT molecular complexity index is 444. The molecule has 6 heteroatoms. The fraction of sp³-hybridized carbons (Fsp3) is 0.400. The number of aliphatic hydroxyl groups is 2. The number of aliphatic hydroxyl groups excluding tert-OH is 2. The van der Waals surface area contributed by atoms with Crippen molar-refractivity contribution in [2.45, 2.75) is 17.9 Å². The van der Waals surface area contributed by atoms with E-state index in [9.17, 15) is 8.42 Å². The van der Waals surface area contributed by atoms with Crippen molar-refractivity contribution >= 4 is 10.0 Å². The van der Waals surface area contributed by atoms with Crippen LogP contribution >= 0.6 is 0 Å². The van der Waals surface area contributed by atoms with E-state index in [4.69, 9.17) is 10.2 Å². The third-order valence-corrected chi connectivity index (χ3v) is 3.44. The second kappa shape index (κ2) is 5.40. The van der Waals surface area contributed by atoms with Gasteiger partial charge in [0.1, 0.15) is 0 Å². The van der Waals surface area contributed by atoms with Crippen LogP contribution in [0, 0.1) is 6.92 Å². The van der Waals surface area contributed by atoms with Gasteiger partial charge in [0.25, 0.3) is 0 Å². The van der Waals surface area contributed by atoms with E-state index >= 15 is 0 Å². The topological polar surface area (TPSA) is 86.6 Å². The van der Waals surface area contributed by atoms with Crippen molar-refractivity contribution in [3.05, 3.63) is 29.8 Å². The molecule has 1 atom stereocenters. The van der Waals surface area contributed by atoms with Gasteiger partial charge in [-0.15, -0.1) is 0 Å². The van der Waals surface area contributed by atoms with Gasteiger partial charge in [-0.25, -0.2) is 13.1 Å². The lowest BCUT2D eigenvalue weighted by Gasteiger charge is -2.10. The Morgan fingerprint density at radius 3 is 2.69 bits per heavy atom. The molecule has 0 heterocycles. The zero-order chi connectivity index (χ0) is 12.2. The highest BCUT2D eigenvalue weighted by Crippen LogP contribution is 2.10. The van der Waals surface area contributed by atoms with Crippen LogP contribution in [-0.2, 0) is 10.0 Å². The van der Waals surface area contributed by atoms with Gasteiger partial charge in [0, 0.05) is 6.54 Å². The Labute approximate surface area is 94.8 Å². The lowest BCUT2D eigenvalue weighted by molar-refractivity contribution is 0.0988. The molecule has 5 nitrogen and oxygen atoms in total. The van der Waals surface area contributed by atoms with Gasteiger partial charge in [0.2, 0.25) is 10.0 Å². The molecule has 3 N–H and O–H groups in total. The monoisotopic (exact) mass is 245 g/mol. The molecular weight excluding hydrogens is 230 g/mol. The Balaban J connectivity index is 2.78. The molecule has 0 aliphatic carbocycles. The van der Waals surface area contributed by atoms with Gasteiger partial charge in [0.15, 0.2) is 0 Å². The molecule has 0 aliphatic rings. The first-order valence-electron chi connectivity index (χ1n) is 4.81. The van der Waals surface area contributed by atoms with E-state index in [1.165, 1.54) is 12.1 Å². The molecule has 0 aliphatic heterocycles. The van der Waals surface area contributed by atoms with Gasteiger partial charge in [-0.1, -0.05) is 12.1 Å². The van der Waals surface area contributed by atoms with Crippen LogP contribution in [-0.4, -0.2) is 37.9 Å². The highest BCUT2D eigenvalue weighted by molar-refractivity contribution is 7.89. The molecule has 90 valence electrons. The van der Waals surface area contributed by atoms with E-state index in [-0.39, 0.29) is 11.4 Å². The Morgan fingerprint density at radius 2 is 2.12 bits per heavy atom. The molecule has 1 aromatic carbocycles.